The lowest BCUT2D eigenvalue weighted by molar-refractivity contribution is -0.144. The second kappa shape index (κ2) is 10.5. The van der Waals surface area contributed by atoms with Gasteiger partial charge in [0.2, 0.25) is 5.91 Å². The number of hydrogen-bond acceptors (Lipinski definition) is 6. The summed E-state index contributed by atoms with van der Waals surface area (Å²) in [6.45, 7) is 1.16. The van der Waals surface area contributed by atoms with E-state index in [1.54, 1.807) is 48.5 Å². The van der Waals surface area contributed by atoms with E-state index in [4.69, 9.17) is 14.7 Å². The molecule has 28 heavy (non-hydrogen) atoms. The van der Waals surface area contributed by atoms with Crippen LogP contribution in [0.2, 0.25) is 0 Å². The molecule has 144 valence electrons. The van der Waals surface area contributed by atoms with Crippen molar-refractivity contribution in [3.8, 4) is 11.8 Å². The number of ketones is 1. The SMILES string of the molecule is CCCC(=O)Nc1ccc(C(=O)COC(=O)COc2ccc(C#N)cc2)cc1. The summed E-state index contributed by atoms with van der Waals surface area (Å²) >= 11 is 0. The lowest BCUT2D eigenvalue weighted by atomic mass is 10.1. The number of carbonyl (C=O) groups is 3. The van der Waals surface area contributed by atoms with E-state index in [-0.39, 0.29) is 18.3 Å². The van der Waals surface area contributed by atoms with Crippen LogP contribution in [0.5, 0.6) is 5.75 Å². The van der Waals surface area contributed by atoms with E-state index in [1.807, 2.05) is 13.0 Å². The highest BCUT2D eigenvalue weighted by Gasteiger charge is 2.11. The van der Waals surface area contributed by atoms with Gasteiger partial charge in [-0.3, -0.25) is 9.59 Å². The van der Waals surface area contributed by atoms with Crippen LogP contribution in [0.4, 0.5) is 5.69 Å². The molecular formula is C21H20N2O5. The van der Waals surface area contributed by atoms with Crippen LogP contribution < -0.4 is 10.1 Å². The summed E-state index contributed by atoms with van der Waals surface area (Å²) in [6, 6.07) is 14.6. The van der Waals surface area contributed by atoms with E-state index in [1.165, 1.54) is 0 Å². The molecule has 0 heterocycles. The number of anilines is 1. The number of nitrogens with zero attached hydrogens (tertiary/aromatic N) is 1. The first kappa shape index (κ1) is 20.6. The predicted octanol–water partition coefficient (Wildman–Crippen LogP) is 3.10. The van der Waals surface area contributed by atoms with Crippen molar-refractivity contribution in [3.05, 3.63) is 59.7 Å². The van der Waals surface area contributed by atoms with Crippen molar-refractivity contribution in [1.82, 2.24) is 0 Å². The number of carbonyl (C=O) groups excluding carboxylic acids is 3. The van der Waals surface area contributed by atoms with Crippen molar-refractivity contribution in [2.45, 2.75) is 19.8 Å². The van der Waals surface area contributed by atoms with Crippen molar-refractivity contribution in [2.75, 3.05) is 18.5 Å². The van der Waals surface area contributed by atoms with Crippen LogP contribution in [0.25, 0.3) is 0 Å². The number of hydrogen-bond donors (Lipinski definition) is 1. The van der Waals surface area contributed by atoms with Crippen LogP contribution >= 0.6 is 0 Å². The molecule has 0 aliphatic carbocycles. The molecule has 1 N–H and O–H groups in total. The quantitative estimate of drug-likeness (QED) is 0.529. The smallest absolute Gasteiger partial charge is 0.344 e. The fourth-order valence-corrected chi connectivity index (χ4v) is 2.23. The lowest BCUT2D eigenvalue weighted by Gasteiger charge is -2.08. The Labute approximate surface area is 162 Å². The molecule has 1 amide bonds. The first-order valence-corrected chi connectivity index (χ1v) is 8.73. The van der Waals surface area contributed by atoms with E-state index in [2.05, 4.69) is 5.32 Å². The van der Waals surface area contributed by atoms with Crippen molar-refractivity contribution in [3.63, 3.8) is 0 Å². The molecule has 7 nitrogen and oxygen atoms in total. The van der Waals surface area contributed by atoms with Gasteiger partial charge >= 0.3 is 5.97 Å². The highest BCUT2D eigenvalue weighted by atomic mass is 16.6. The second-order valence-electron chi connectivity index (χ2n) is 5.88. The number of nitriles is 1. The molecule has 0 spiro atoms. The average molecular weight is 380 g/mol. The van der Waals surface area contributed by atoms with E-state index >= 15 is 0 Å². The zero-order valence-corrected chi connectivity index (χ0v) is 15.4. The van der Waals surface area contributed by atoms with Gasteiger partial charge < -0.3 is 14.8 Å². The number of amides is 1. The maximum Gasteiger partial charge on any atom is 0.344 e. The summed E-state index contributed by atoms with van der Waals surface area (Å²) in [5, 5.41) is 11.5. The molecule has 0 atom stereocenters. The van der Waals surface area contributed by atoms with E-state index in [0.29, 0.717) is 29.0 Å². The molecule has 2 rings (SSSR count). The third kappa shape index (κ3) is 6.57. The highest BCUT2D eigenvalue weighted by molar-refractivity contribution is 5.98. The summed E-state index contributed by atoms with van der Waals surface area (Å²) in [4.78, 5) is 35.3. The van der Waals surface area contributed by atoms with Crippen LogP contribution in [-0.4, -0.2) is 30.9 Å². The normalized spacial score (nSPS) is 9.86. The molecule has 0 radical (unpaired) electrons. The molecular weight excluding hydrogens is 360 g/mol. The highest BCUT2D eigenvalue weighted by Crippen LogP contribution is 2.12. The van der Waals surface area contributed by atoms with Crippen molar-refractivity contribution < 1.29 is 23.9 Å². The van der Waals surface area contributed by atoms with Gasteiger partial charge in [0.15, 0.2) is 19.0 Å². The summed E-state index contributed by atoms with van der Waals surface area (Å²) < 4.78 is 10.2. The van der Waals surface area contributed by atoms with E-state index in [9.17, 15) is 14.4 Å². The number of Topliss-reactive ketones (excluding diaryl/α,β-unsaturated/α-hetero) is 1. The topological polar surface area (TPSA) is 105 Å². The minimum atomic E-state index is -0.679. The average Bonchev–Trinajstić information content (AvgIpc) is 2.71. The van der Waals surface area contributed by atoms with Crippen molar-refractivity contribution >= 4 is 23.3 Å². The van der Waals surface area contributed by atoms with Gasteiger partial charge in [0.05, 0.1) is 11.6 Å². The Morgan fingerprint density at radius 1 is 1.00 bits per heavy atom. The zero-order chi connectivity index (χ0) is 20.4. The standard InChI is InChI=1S/C21H20N2O5/c1-2-3-20(25)23-17-8-6-16(7-9-17)19(24)13-28-21(26)14-27-18-10-4-15(12-22)5-11-18/h4-11H,2-3,13-14H2,1H3,(H,23,25). The molecule has 0 aromatic heterocycles. The second-order valence-corrected chi connectivity index (χ2v) is 5.88. The number of rotatable bonds is 9. The van der Waals surface area contributed by atoms with Gasteiger partial charge in [-0.15, -0.1) is 0 Å². The monoisotopic (exact) mass is 380 g/mol. The first-order chi connectivity index (χ1) is 13.5. The third-order valence-electron chi connectivity index (χ3n) is 3.67. The Balaban J connectivity index is 1.76. The minimum Gasteiger partial charge on any atom is -0.482 e. The molecule has 0 saturated heterocycles. The molecule has 7 heteroatoms. The molecule has 0 saturated carbocycles. The van der Waals surface area contributed by atoms with E-state index in [0.717, 1.165) is 6.42 Å². The molecule has 0 unspecified atom stereocenters. The Morgan fingerprint density at radius 3 is 2.29 bits per heavy atom. The third-order valence-corrected chi connectivity index (χ3v) is 3.67. The molecule has 0 aliphatic rings. The van der Waals surface area contributed by atoms with Gasteiger partial charge in [-0.2, -0.15) is 5.26 Å². The van der Waals surface area contributed by atoms with Gasteiger partial charge in [-0.05, 0) is 55.0 Å². The Morgan fingerprint density at radius 2 is 1.68 bits per heavy atom. The Kier molecular flexibility index (Phi) is 7.73. The van der Waals surface area contributed by atoms with Crippen LogP contribution in [0.1, 0.15) is 35.7 Å². The van der Waals surface area contributed by atoms with Gasteiger partial charge in [0.1, 0.15) is 5.75 Å². The van der Waals surface area contributed by atoms with Crippen LogP contribution in [-0.2, 0) is 14.3 Å². The largest absolute Gasteiger partial charge is 0.482 e. The molecule has 0 bridgehead atoms. The number of benzene rings is 2. The van der Waals surface area contributed by atoms with Gasteiger partial charge in [0, 0.05) is 17.7 Å². The summed E-state index contributed by atoms with van der Waals surface area (Å²) in [5.74, 6) is -0.708. The molecule has 0 fully saturated rings. The van der Waals surface area contributed by atoms with Gasteiger partial charge in [-0.1, -0.05) is 6.92 Å². The minimum absolute atomic E-state index is 0.0854. The molecule has 2 aromatic rings. The Hall–Kier alpha value is -3.66. The predicted molar refractivity (Wildman–Crippen MR) is 102 cm³/mol. The van der Waals surface area contributed by atoms with Gasteiger partial charge in [0.25, 0.3) is 0 Å². The summed E-state index contributed by atoms with van der Waals surface area (Å²) in [6.07, 6.45) is 1.18. The zero-order valence-electron chi connectivity index (χ0n) is 15.4. The fourth-order valence-electron chi connectivity index (χ4n) is 2.23. The lowest BCUT2D eigenvalue weighted by Crippen LogP contribution is -2.19. The van der Waals surface area contributed by atoms with Gasteiger partial charge in [-0.25, -0.2) is 4.79 Å². The summed E-state index contributed by atoms with van der Waals surface area (Å²) in [7, 11) is 0. The number of esters is 1. The Bertz CT molecular complexity index is 867. The van der Waals surface area contributed by atoms with Crippen LogP contribution in [0.3, 0.4) is 0 Å². The van der Waals surface area contributed by atoms with Crippen LogP contribution in [0.15, 0.2) is 48.5 Å². The first-order valence-electron chi connectivity index (χ1n) is 8.73. The van der Waals surface area contributed by atoms with Crippen molar-refractivity contribution in [2.24, 2.45) is 0 Å². The van der Waals surface area contributed by atoms with E-state index < -0.39 is 12.6 Å². The molecule has 2 aromatic carbocycles. The number of ether oxygens (including phenoxy) is 2. The molecule has 0 aliphatic heterocycles. The number of nitrogens with one attached hydrogen (secondary N) is 1. The maximum atomic E-state index is 12.1. The van der Waals surface area contributed by atoms with Crippen LogP contribution in [0, 0.1) is 11.3 Å². The maximum absolute atomic E-state index is 12.1. The fraction of sp³-hybridized carbons (Fsp3) is 0.238. The summed E-state index contributed by atoms with van der Waals surface area (Å²) in [5.41, 5.74) is 1.45. The van der Waals surface area contributed by atoms with Crippen molar-refractivity contribution in [1.29, 1.82) is 5.26 Å².